The number of carbonyl (C=O) groups excluding carboxylic acids is 3. The summed E-state index contributed by atoms with van der Waals surface area (Å²) in [6, 6.07) is 18.4. The monoisotopic (exact) mass is 775 g/mol. The first kappa shape index (κ1) is 40.8. The van der Waals surface area contributed by atoms with E-state index in [0.717, 1.165) is 39.8 Å². The van der Waals surface area contributed by atoms with Crippen molar-refractivity contribution in [2.45, 2.75) is 83.1 Å². The maximum absolute atomic E-state index is 14.2. The molecule has 14 heteroatoms. The minimum atomic E-state index is -0.761. The van der Waals surface area contributed by atoms with E-state index in [1.165, 1.54) is 11.3 Å². The molecule has 2 aromatic carbocycles. The van der Waals surface area contributed by atoms with Crippen LogP contribution in [0.3, 0.4) is 0 Å². The van der Waals surface area contributed by atoms with Gasteiger partial charge < -0.3 is 30.3 Å². The molecule has 54 heavy (non-hydrogen) atoms. The van der Waals surface area contributed by atoms with E-state index >= 15 is 0 Å². The maximum Gasteiger partial charge on any atom is 0.407 e. The highest BCUT2D eigenvalue weighted by molar-refractivity contribution is 7.09. The van der Waals surface area contributed by atoms with Crippen molar-refractivity contribution in [2.75, 3.05) is 39.9 Å². The van der Waals surface area contributed by atoms with Crippen molar-refractivity contribution >= 4 is 40.7 Å². The Morgan fingerprint density at radius 1 is 0.889 bits per heavy atom. The number of ether oxygens (including phenoxy) is 2. The predicted molar refractivity (Wildman–Crippen MR) is 213 cm³/mol. The number of alkyl carbamates (subject to hydrolysis) is 1. The van der Waals surface area contributed by atoms with Crippen LogP contribution in [-0.4, -0.2) is 95.8 Å². The highest BCUT2D eigenvalue weighted by Gasteiger charge is 2.27. The van der Waals surface area contributed by atoms with Gasteiger partial charge >= 0.3 is 12.1 Å². The van der Waals surface area contributed by atoms with Gasteiger partial charge in [-0.15, -0.1) is 22.7 Å². The molecule has 5 rings (SSSR count). The summed E-state index contributed by atoms with van der Waals surface area (Å²) in [5.74, 6) is 0.0746. The van der Waals surface area contributed by atoms with E-state index < -0.39 is 12.1 Å². The van der Waals surface area contributed by atoms with Crippen LogP contribution in [0.5, 0.6) is 0 Å². The van der Waals surface area contributed by atoms with Gasteiger partial charge in [0.05, 0.1) is 40.8 Å². The van der Waals surface area contributed by atoms with Crippen molar-refractivity contribution in [3.05, 3.63) is 104 Å². The molecular formula is C40H53N7O5S2. The van der Waals surface area contributed by atoms with E-state index in [9.17, 15) is 14.4 Å². The van der Waals surface area contributed by atoms with Gasteiger partial charge in [0.2, 0.25) is 5.91 Å². The number of carbonyl (C=O) groups is 3. The molecule has 1 aliphatic heterocycles. The molecule has 3 atom stereocenters. The zero-order valence-electron chi connectivity index (χ0n) is 31.4. The minimum Gasteiger partial charge on any atom is -0.444 e. The van der Waals surface area contributed by atoms with Gasteiger partial charge in [-0.3, -0.25) is 14.7 Å². The van der Waals surface area contributed by atoms with Gasteiger partial charge in [0.15, 0.2) is 0 Å². The van der Waals surface area contributed by atoms with Crippen LogP contribution in [-0.2, 0) is 40.3 Å². The number of urea groups is 1. The van der Waals surface area contributed by atoms with E-state index in [1.807, 2.05) is 66.0 Å². The van der Waals surface area contributed by atoms with Gasteiger partial charge in [-0.05, 0) is 43.2 Å². The number of benzene rings is 2. The molecule has 1 unspecified atom stereocenters. The topological polar surface area (TPSA) is 138 Å². The average Bonchev–Trinajstić information content (AvgIpc) is 3.89. The van der Waals surface area contributed by atoms with E-state index in [1.54, 1.807) is 35.0 Å². The first-order valence-electron chi connectivity index (χ1n) is 18.7. The van der Waals surface area contributed by atoms with Gasteiger partial charge in [0.25, 0.3) is 0 Å². The molecule has 2 aromatic heterocycles. The number of hydrogen-bond donors (Lipinski definition) is 3. The Labute approximate surface area is 326 Å². The largest absolute Gasteiger partial charge is 0.444 e. The number of amides is 4. The number of hydrogen-bond acceptors (Lipinski definition) is 10. The first-order valence-corrected chi connectivity index (χ1v) is 20.4. The summed E-state index contributed by atoms with van der Waals surface area (Å²) in [5.41, 5.74) is 4.70. The number of aromatic nitrogens is 2. The summed E-state index contributed by atoms with van der Waals surface area (Å²) in [4.78, 5) is 54.2. The Bertz CT molecular complexity index is 1700. The second kappa shape index (κ2) is 21.5. The molecule has 1 fully saturated rings. The fourth-order valence-electron chi connectivity index (χ4n) is 6.25. The molecule has 12 nitrogen and oxygen atoms in total. The lowest BCUT2D eigenvalue weighted by molar-refractivity contribution is -0.124. The lowest BCUT2D eigenvalue weighted by Crippen LogP contribution is -2.54. The van der Waals surface area contributed by atoms with Gasteiger partial charge in [0, 0.05) is 56.3 Å². The van der Waals surface area contributed by atoms with Crippen molar-refractivity contribution in [1.29, 1.82) is 0 Å². The van der Waals surface area contributed by atoms with Crippen molar-refractivity contribution < 1.29 is 23.9 Å². The lowest BCUT2D eigenvalue weighted by Gasteiger charge is -2.30. The fraction of sp³-hybridized carbons (Fsp3) is 0.475. The summed E-state index contributed by atoms with van der Waals surface area (Å²) in [7, 11) is 1.72. The molecule has 0 saturated carbocycles. The van der Waals surface area contributed by atoms with Gasteiger partial charge in [-0.2, -0.15) is 0 Å². The summed E-state index contributed by atoms with van der Waals surface area (Å²) in [6.45, 7) is 8.19. The number of thiazole rings is 2. The van der Waals surface area contributed by atoms with Gasteiger partial charge in [-0.1, -0.05) is 74.5 Å². The molecule has 3 heterocycles. The average molecular weight is 776 g/mol. The first-order chi connectivity index (χ1) is 26.2. The molecule has 1 aliphatic rings. The Kier molecular flexibility index (Phi) is 16.2. The third-order valence-electron chi connectivity index (χ3n) is 9.27. The summed E-state index contributed by atoms with van der Waals surface area (Å²) in [6.07, 6.45) is 4.00. The zero-order valence-corrected chi connectivity index (χ0v) is 33.1. The van der Waals surface area contributed by atoms with E-state index in [2.05, 4.69) is 44.7 Å². The molecule has 1 saturated heterocycles. The molecule has 0 bridgehead atoms. The molecule has 0 spiro atoms. The van der Waals surface area contributed by atoms with Crippen LogP contribution in [0.1, 0.15) is 65.7 Å². The van der Waals surface area contributed by atoms with Crippen LogP contribution in [0.15, 0.2) is 77.8 Å². The number of rotatable bonds is 19. The third kappa shape index (κ3) is 13.8. The number of morpholine rings is 1. The third-order valence-corrected chi connectivity index (χ3v) is 11.2. The highest BCUT2D eigenvalue weighted by Crippen LogP contribution is 2.20. The van der Waals surface area contributed by atoms with Crippen LogP contribution in [0.2, 0.25) is 0 Å². The van der Waals surface area contributed by atoms with Crippen molar-refractivity contribution in [3.8, 4) is 0 Å². The smallest absolute Gasteiger partial charge is 0.407 e. The molecular weight excluding hydrogens is 723 g/mol. The standard InChI is InChI=1S/C40H53N7O5S2/c1-29(2)38-43-34(27-53-38)25-46(3)39(49)45-36(16-17-47-18-20-51-21-19-47)37(48)42-32(22-30-10-6-4-7-11-30)14-15-33(23-31-12-8-5-9-13-31)44-40(50)52-26-35-24-41-28-54-35/h4-13,24,27-29,32-33,36H,14-23,25-26H2,1-3H3,(H,42,48)(H,44,50)(H,45,49)/t32-,33-,36?/m1/s1. The lowest BCUT2D eigenvalue weighted by atomic mass is 9.95. The van der Waals surface area contributed by atoms with Crippen LogP contribution in [0.4, 0.5) is 9.59 Å². The van der Waals surface area contributed by atoms with Crippen LogP contribution < -0.4 is 16.0 Å². The Morgan fingerprint density at radius 2 is 1.54 bits per heavy atom. The number of nitrogens with one attached hydrogen (secondary N) is 3. The molecule has 3 N–H and O–H groups in total. The van der Waals surface area contributed by atoms with Gasteiger partial charge in [0.1, 0.15) is 12.6 Å². The SMILES string of the molecule is CC(C)c1nc(CN(C)C(=O)NC(CCN2CCOCC2)C(=O)N[C@H](CC[C@H](Cc2ccccc2)NC(=O)OCc2cncs2)Cc2ccccc2)cs1. The second-order valence-corrected chi connectivity index (χ2v) is 15.8. The Hall–Kier alpha value is -4.37. The number of nitrogens with zero attached hydrogens (tertiary/aromatic N) is 4. The Balaban J connectivity index is 1.28. The van der Waals surface area contributed by atoms with E-state index in [-0.39, 0.29) is 30.6 Å². The van der Waals surface area contributed by atoms with Crippen molar-refractivity contribution in [1.82, 2.24) is 35.7 Å². The molecule has 290 valence electrons. The van der Waals surface area contributed by atoms with Gasteiger partial charge in [-0.25, -0.2) is 14.6 Å². The highest BCUT2D eigenvalue weighted by atomic mass is 32.1. The van der Waals surface area contributed by atoms with Crippen molar-refractivity contribution in [2.24, 2.45) is 0 Å². The quantitative estimate of drug-likeness (QED) is 0.106. The van der Waals surface area contributed by atoms with E-state index in [0.29, 0.717) is 64.3 Å². The normalized spacial score (nSPS) is 14.9. The summed E-state index contributed by atoms with van der Waals surface area (Å²) >= 11 is 3.02. The maximum atomic E-state index is 14.2. The molecule has 0 radical (unpaired) electrons. The summed E-state index contributed by atoms with van der Waals surface area (Å²) in [5, 5.41) is 12.4. The molecule has 0 aliphatic carbocycles. The molecule has 4 aromatic rings. The van der Waals surface area contributed by atoms with Crippen LogP contribution in [0, 0.1) is 0 Å². The second-order valence-electron chi connectivity index (χ2n) is 14.0. The van der Waals surface area contributed by atoms with Crippen LogP contribution in [0.25, 0.3) is 0 Å². The Morgan fingerprint density at radius 3 is 2.13 bits per heavy atom. The van der Waals surface area contributed by atoms with Crippen LogP contribution >= 0.6 is 22.7 Å². The van der Waals surface area contributed by atoms with Crippen molar-refractivity contribution in [3.63, 3.8) is 0 Å². The minimum absolute atomic E-state index is 0.150. The molecule has 4 amide bonds. The predicted octanol–water partition coefficient (Wildman–Crippen LogP) is 6.00. The zero-order chi connectivity index (χ0) is 38.1. The van der Waals surface area contributed by atoms with E-state index in [4.69, 9.17) is 9.47 Å². The summed E-state index contributed by atoms with van der Waals surface area (Å²) < 4.78 is 11.1. The fourth-order valence-corrected chi connectivity index (χ4v) is 7.58.